The first-order valence-electron chi connectivity index (χ1n) is 6.51. The van der Waals surface area contributed by atoms with Gasteiger partial charge < -0.3 is 4.74 Å². The molecule has 3 nitrogen and oxygen atoms in total. The Morgan fingerprint density at radius 3 is 2.90 bits per heavy atom. The number of hydrogen-bond donors (Lipinski definition) is 0. The minimum Gasteiger partial charge on any atom is -0.487 e. The Balaban J connectivity index is 1.99. The van der Waals surface area contributed by atoms with E-state index in [1.807, 2.05) is 41.2 Å². The Bertz CT molecular complexity index is 623. The third-order valence-electron chi connectivity index (χ3n) is 2.71. The van der Waals surface area contributed by atoms with Crippen LogP contribution < -0.4 is 4.74 Å². The van der Waals surface area contributed by atoms with E-state index in [0.29, 0.717) is 18.5 Å². The molecule has 0 radical (unpaired) electrons. The monoisotopic (exact) mass is 288 g/mol. The SMILES string of the molecule is CC(C)n1ccc(COc2cccc(C#CCCl)c2)n1. The maximum Gasteiger partial charge on any atom is 0.132 e. The number of alkyl halides is 1. The second-order valence-electron chi connectivity index (χ2n) is 4.63. The molecule has 0 spiro atoms. The van der Waals surface area contributed by atoms with E-state index in [1.54, 1.807) is 0 Å². The van der Waals surface area contributed by atoms with Crippen molar-refractivity contribution in [2.24, 2.45) is 0 Å². The maximum absolute atomic E-state index is 5.73. The predicted molar refractivity (Wildman–Crippen MR) is 81.0 cm³/mol. The summed E-state index contributed by atoms with van der Waals surface area (Å²) >= 11 is 5.54. The number of aromatic nitrogens is 2. The van der Waals surface area contributed by atoms with Gasteiger partial charge in [-0.15, -0.1) is 11.6 Å². The Morgan fingerprint density at radius 2 is 2.20 bits per heavy atom. The molecule has 20 heavy (non-hydrogen) atoms. The lowest BCUT2D eigenvalue weighted by Gasteiger charge is -2.06. The van der Waals surface area contributed by atoms with Gasteiger partial charge in [-0.25, -0.2) is 0 Å². The van der Waals surface area contributed by atoms with Gasteiger partial charge in [0.2, 0.25) is 0 Å². The van der Waals surface area contributed by atoms with Crippen LogP contribution in [0.5, 0.6) is 5.75 Å². The Morgan fingerprint density at radius 1 is 1.35 bits per heavy atom. The molecule has 2 rings (SSSR count). The van der Waals surface area contributed by atoms with Gasteiger partial charge in [0.15, 0.2) is 0 Å². The number of nitrogens with zero attached hydrogens (tertiary/aromatic N) is 2. The fraction of sp³-hybridized carbons (Fsp3) is 0.312. The van der Waals surface area contributed by atoms with E-state index in [2.05, 4.69) is 30.8 Å². The topological polar surface area (TPSA) is 27.1 Å². The van der Waals surface area contributed by atoms with Gasteiger partial charge in [0.25, 0.3) is 0 Å². The molecule has 1 heterocycles. The van der Waals surface area contributed by atoms with E-state index >= 15 is 0 Å². The van der Waals surface area contributed by atoms with Crippen molar-refractivity contribution < 1.29 is 4.74 Å². The van der Waals surface area contributed by atoms with Gasteiger partial charge in [0.05, 0.1) is 11.6 Å². The minimum atomic E-state index is 0.331. The average Bonchev–Trinajstić information content (AvgIpc) is 2.92. The van der Waals surface area contributed by atoms with Gasteiger partial charge in [-0.05, 0) is 38.1 Å². The number of benzene rings is 1. The van der Waals surface area contributed by atoms with Crippen LogP contribution >= 0.6 is 11.6 Å². The van der Waals surface area contributed by atoms with Gasteiger partial charge in [-0.2, -0.15) is 5.10 Å². The summed E-state index contributed by atoms with van der Waals surface area (Å²) in [7, 11) is 0. The number of hydrogen-bond acceptors (Lipinski definition) is 2. The first-order chi connectivity index (χ1) is 9.69. The van der Waals surface area contributed by atoms with E-state index in [4.69, 9.17) is 16.3 Å². The summed E-state index contributed by atoms with van der Waals surface area (Å²) in [6.07, 6.45) is 1.96. The lowest BCUT2D eigenvalue weighted by atomic mass is 10.2. The highest BCUT2D eigenvalue weighted by molar-refractivity contribution is 6.19. The fourth-order valence-corrected chi connectivity index (χ4v) is 1.77. The molecule has 2 aromatic rings. The molecule has 4 heteroatoms. The quantitative estimate of drug-likeness (QED) is 0.634. The second kappa shape index (κ2) is 7.02. The molecule has 1 aromatic carbocycles. The first-order valence-corrected chi connectivity index (χ1v) is 7.04. The predicted octanol–water partition coefficient (Wildman–Crippen LogP) is 3.63. The van der Waals surface area contributed by atoms with Crippen LogP contribution in [-0.4, -0.2) is 15.7 Å². The normalized spacial score (nSPS) is 10.2. The Kier molecular flexibility index (Phi) is 5.09. The summed E-state index contributed by atoms with van der Waals surface area (Å²) in [5.74, 6) is 6.91. The highest BCUT2D eigenvalue weighted by Gasteiger charge is 2.03. The molecule has 0 aliphatic heterocycles. The van der Waals surface area contributed by atoms with E-state index in [9.17, 15) is 0 Å². The van der Waals surface area contributed by atoms with Crippen LogP contribution in [0.15, 0.2) is 36.5 Å². The molecule has 0 aliphatic rings. The summed E-state index contributed by atoms with van der Waals surface area (Å²) in [5, 5.41) is 4.44. The van der Waals surface area contributed by atoms with Crippen LogP contribution in [-0.2, 0) is 6.61 Å². The van der Waals surface area contributed by atoms with Crippen molar-refractivity contribution in [1.82, 2.24) is 9.78 Å². The zero-order valence-electron chi connectivity index (χ0n) is 11.6. The molecular weight excluding hydrogens is 272 g/mol. The van der Waals surface area contributed by atoms with Crippen LogP contribution in [0.4, 0.5) is 0 Å². The fourth-order valence-electron chi connectivity index (χ4n) is 1.70. The summed E-state index contributed by atoms with van der Waals surface area (Å²) in [4.78, 5) is 0. The second-order valence-corrected chi connectivity index (χ2v) is 4.90. The van der Waals surface area contributed by atoms with Crippen LogP contribution in [0.25, 0.3) is 0 Å². The number of rotatable bonds is 4. The smallest absolute Gasteiger partial charge is 0.132 e. The average molecular weight is 289 g/mol. The van der Waals surface area contributed by atoms with Crippen LogP contribution in [0.3, 0.4) is 0 Å². The molecule has 0 amide bonds. The van der Waals surface area contributed by atoms with Crippen molar-refractivity contribution >= 4 is 11.6 Å². The molecule has 0 N–H and O–H groups in total. The third-order valence-corrected chi connectivity index (χ3v) is 2.85. The van der Waals surface area contributed by atoms with Crippen molar-refractivity contribution in [2.45, 2.75) is 26.5 Å². The van der Waals surface area contributed by atoms with Gasteiger partial charge in [0, 0.05) is 17.8 Å². The highest BCUT2D eigenvalue weighted by Crippen LogP contribution is 2.14. The van der Waals surface area contributed by atoms with Crippen molar-refractivity contribution in [3.63, 3.8) is 0 Å². The molecule has 0 atom stereocenters. The first kappa shape index (κ1) is 14.5. The molecule has 0 aliphatic carbocycles. The van der Waals surface area contributed by atoms with Gasteiger partial charge in [-0.1, -0.05) is 17.9 Å². The Hall–Kier alpha value is -1.92. The van der Waals surface area contributed by atoms with E-state index < -0.39 is 0 Å². The molecule has 0 bridgehead atoms. The minimum absolute atomic E-state index is 0.331. The van der Waals surface area contributed by atoms with Crippen molar-refractivity contribution in [1.29, 1.82) is 0 Å². The van der Waals surface area contributed by atoms with Crippen molar-refractivity contribution in [3.8, 4) is 17.6 Å². The Labute approximate surface area is 124 Å². The number of ether oxygens (including phenoxy) is 1. The molecule has 104 valence electrons. The van der Waals surface area contributed by atoms with Crippen LogP contribution in [0, 0.1) is 11.8 Å². The summed E-state index contributed by atoms with van der Waals surface area (Å²) in [6, 6.07) is 9.99. The largest absolute Gasteiger partial charge is 0.487 e. The molecule has 0 saturated carbocycles. The van der Waals surface area contributed by atoms with E-state index in [1.165, 1.54) is 0 Å². The zero-order chi connectivity index (χ0) is 14.4. The molecule has 0 fully saturated rings. The summed E-state index contributed by atoms with van der Waals surface area (Å²) in [6.45, 7) is 4.64. The van der Waals surface area contributed by atoms with E-state index in [-0.39, 0.29) is 0 Å². The molecule has 0 saturated heterocycles. The summed E-state index contributed by atoms with van der Waals surface area (Å²) in [5.41, 5.74) is 1.81. The van der Waals surface area contributed by atoms with Gasteiger partial charge >= 0.3 is 0 Å². The number of halogens is 1. The van der Waals surface area contributed by atoms with Crippen molar-refractivity contribution in [2.75, 3.05) is 5.88 Å². The highest BCUT2D eigenvalue weighted by atomic mass is 35.5. The zero-order valence-corrected chi connectivity index (χ0v) is 12.4. The van der Waals surface area contributed by atoms with Crippen molar-refractivity contribution in [3.05, 3.63) is 47.8 Å². The summed E-state index contributed by atoms with van der Waals surface area (Å²) < 4.78 is 7.65. The molecule has 0 unspecified atom stereocenters. The maximum atomic E-state index is 5.73. The molecule has 1 aromatic heterocycles. The van der Waals surface area contributed by atoms with E-state index in [0.717, 1.165) is 17.0 Å². The van der Waals surface area contributed by atoms with Crippen LogP contribution in [0.2, 0.25) is 0 Å². The van der Waals surface area contributed by atoms with Gasteiger partial charge in [-0.3, -0.25) is 4.68 Å². The third kappa shape index (κ3) is 4.04. The molecular formula is C16H17ClN2O. The standard InChI is InChI=1S/C16H17ClN2O/c1-13(2)19-10-8-15(18-19)12-20-16-7-3-5-14(11-16)6-4-9-17/h3,5,7-8,10-11,13H,9,12H2,1-2H3. The lowest BCUT2D eigenvalue weighted by molar-refractivity contribution is 0.298. The van der Waals surface area contributed by atoms with Gasteiger partial charge in [0.1, 0.15) is 12.4 Å². The lowest BCUT2D eigenvalue weighted by Crippen LogP contribution is -2.03. The van der Waals surface area contributed by atoms with Crippen LogP contribution in [0.1, 0.15) is 31.1 Å².